The van der Waals surface area contributed by atoms with Crippen LogP contribution in [0.2, 0.25) is 0 Å². The Morgan fingerprint density at radius 3 is 2.83 bits per heavy atom. The molecule has 1 aromatic heterocycles. The summed E-state index contributed by atoms with van der Waals surface area (Å²) in [6, 6.07) is 9.94. The minimum absolute atomic E-state index is 0.0155. The predicted octanol–water partition coefficient (Wildman–Crippen LogP) is 2.91. The van der Waals surface area contributed by atoms with Gasteiger partial charge in [0.25, 0.3) is 0 Å². The Kier molecular flexibility index (Phi) is 5.13. The molecular weight excluding hydrogens is 302 g/mol. The van der Waals surface area contributed by atoms with Crippen LogP contribution in [0.15, 0.2) is 30.3 Å². The van der Waals surface area contributed by atoms with E-state index in [1.54, 1.807) is 4.90 Å². The number of nitrogens with zero attached hydrogens (tertiary/aromatic N) is 4. The second-order valence-electron chi connectivity index (χ2n) is 6.35. The number of hydrogen-bond donors (Lipinski definition) is 1. The molecule has 2 amide bonds. The molecule has 1 aliphatic heterocycles. The average molecular weight is 327 g/mol. The van der Waals surface area contributed by atoms with E-state index < -0.39 is 0 Å². The van der Waals surface area contributed by atoms with E-state index in [0.29, 0.717) is 6.54 Å². The second kappa shape index (κ2) is 7.47. The first-order valence-corrected chi connectivity index (χ1v) is 8.63. The molecule has 0 spiro atoms. The van der Waals surface area contributed by atoms with E-state index >= 15 is 0 Å². The van der Waals surface area contributed by atoms with Gasteiger partial charge < -0.3 is 14.8 Å². The van der Waals surface area contributed by atoms with E-state index in [9.17, 15) is 4.79 Å². The van der Waals surface area contributed by atoms with Crippen molar-refractivity contribution in [2.75, 3.05) is 7.05 Å². The van der Waals surface area contributed by atoms with Crippen molar-refractivity contribution in [3.05, 3.63) is 47.5 Å². The zero-order valence-electron chi connectivity index (χ0n) is 14.4. The summed E-state index contributed by atoms with van der Waals surface area (Å²) in [4.78, 5) is 14.2. The smallest absolute Gasteiger partial charge is 0.318 e. The fraction of sp³-hybridized carbons (Fsp3) is 0.500. The molecule has 2 aromatic rings. The molecule has 1 N–H and O–H groups in total. The van der Waals surface area contributed by atoms with Crippen molar-refractivity contribution in [3.63, 3.8) is 0 Å². The molecule has 3 rings (SSSR count). The standard InChI is InChI=1S/C18H25N5O/c1-14(15-9-5-3-6-10-15)22(2)18(24)19-13-17-21-20-16-11-7-4-8-12-23(16)17/h3,5-6,9-10,14H,4,7-8,11-13H2,1-2H3,(H,19,24)/t14-/m0/s1. The van der Waals surface area contributed by atoms with Crippen LogP contribution in [0.5, 0.6) is 0 Å². The predicted molar refractivity (Wildman–Crippen MR) is 92.4 cm³/mol. The van der Waals surface area contributed by atoms with Gasteiger partial charge in [0.05, 0.1) is 12.6 Å². The number of benzene rings is 1. The van der Waals surface area contributed by atoms with Crippen LogP contribution in [0.1, 0.15) is 49.4 Å². The molecule has 6 nitrogen and oxygen atoms in total. The van der Waals surface area contributed by atoms with Gasteiger partial charge in [-0.25, -0.2) is 4.79 Å². The first-order chi connectivity index (χ1) is 11.7. The molecule has 0 bridgehead atoms. The average Bonchev–Trinajstić information content (AvgIpc) is 2.85. The van der Waals surface area contributed by atoms with Crippen LogP contribution in [0, 0.1) is 0 Å². The molecule has 0 aliphatic carbocycles. The highest BCUT2D eigenvalue weighted by Crippen LogP contribution is 2.18. The van der Waals surface area contributed by atoms with Crippen molar-refractivity contribution in [3.8, 4) is 0 Å². The van der Waals surface area contributed by atoms with Crippen molar-refractivity contribution in [2.45, 2.75) is 51.7 Å². The number of urea groups is 1. The maximum Gasteiger partial charge on any atom is 0.318 e. The van der Waals surface area contributed by atoms with Crippen LogP contribution in [-0.2, 0) is 19.5 Å². The van der Waals surface area contributed by atoms with Crippen LogP contribution in [0.25, 0.3) is 0 Å². The lowest BCUT2D eigenvalue weighted by atomic mass is 10.1. The molecule has 24 heavy (non-hydrogen) atoms. The van der Waals surface area contributed by atoms with Gasteiger partial charge in [0.1, 0.15) is 5.82 Å². The number of aromatic nitrogens is 3. The third-order valence-electron chi connectivity index (χ3n) is 4.77. The summed E-state index contributed by atoms with van der Waals surface area (Å²) in [5.74, 6) is 1.89. The highest BCUT2D eigenvalue weighted by Gasteiger charge is 2.19. The first-order valence-electron chi connectivity index (χ1n) is 8.63. The minimum atomic E-state index is -0.0997. The van der Waals surface area contributed by atoms with Gasteiger partial charge in [-0.1, -0.05) is 36.8 Å². The van der Waals surface area contributed by atoms with E-state index in [2.05, 4.69) is 20.1 Å². The number of carbonyl (C=O) groups is 1. The Hall–Kier alpha value is -2.37. The number of amides is 2. The van der Waals surface area contributed by atoms with Gasteiger partial charge >= 0.3 is 6.03 Å². The maximum absolute atomic E-state index is 12.4. The third-order valence-corrected chi connectivity index (χ3v) is 4.77. The Balaban J connectivity index is 1.60. The summed E-state index contributed by atoms with van der Waals surface area (Å²) >= 11 is 0. The van der Waals surface area contributed by atoms with Gasteiger partial charge in [-0.05, 0) is 25.3 Å². The zero-order valence-corrected chi connectivity index (χ0v) is 14.4. The Morgan fingerprint density at radius 1 is 1.25 bits per heavy atom. The number of rotatable bonds is 4. The topological polar surface area (TPSA) is 63.1 Å². The van der Waals surface area contributed by atoms with Crippen molar-refractivity contribution in [1.82, 2.24) is 25.0 Å². The van der Waals surface area contributed by atoms with Gasteiger partial charge in [0, 0.05) is 20.0 Å². The number of nitrogens with one attached hydrogen (secondary N) is 1. The van der Waals surface area contributed by atoms with Crippen molar-refractivity contribution in [2.24, 2.45) is 0 Å². The van der Waals surface area contributed by atoms with Crippen LogP contribution >= 0.6 is 0 Å². The summed E-state index contributed by atoms with van der Waals surface area (Å²) in [6.07, 6.45) is 4.52. The van der Waals surface area contributed by atoms with E-state index in [-0.39, 0.29) is 12.1 Å². The lowest BCUT2D eigenvalue weighted by Gasteiger charge is -2.25. The lowest BCUT2D eigenvalue weighted by molar-refractivity contribution is 0.193. The Bertz CT molecular complexity index is 682. The quantitative estimate of drug-likeness (QED) is 0.939. The Labute approximate surface area is 142 Å². The lowest BCUT2D eigenvalue weighted by Crippen LogP contribution is -2.38. The largest absolute Gasteiger partial charge is 0.331 e. The third kappa shape index (κ3) is 3.58. The normalized spacial score (nSPS) is 15.2. The van der Waals surface area contributed by atoms with E-state index in [0.717, 1.165) is 36.6 Å². The van der Waals surface area contributed by atoms with Crippen LogP contribution in [-0.4, -0.2) is 32.7 Å². The van der Waals surface area contributed by atoms with E-state index in [1.807, 2.05) is 44.3 Å². The molecule has 0 saturated carbocycles. The molecule has 1 aromatic carbocycles. The van der Waals surface area contributed by atoms with Gasteiger partial charge in [-0.15, -0.1) is 10.2 Å². The molecular formula is C18H25N5O. The molecule has 0 unspecified atom stereocenters. The van der Waals surface area contributed by atoms with Crippen LogP contribution in [0.4, 0.5) is 4.79 Å². The molecule has 128 valence electrons. The molecule has 2 heterocycles. The number of hydrogen-bond acceptors (Lipinski definition) is 3. The van der Waals surface area contributed by atoms with Crippen molar-refractivity contribution in [1.29, 1.82) is 0 Å². The summed E-state index contributed by atoms with van der Waals surface area (Å²) in [5, 5.41) is 11.5. The van der Waals surface area contributed by atoms with Crippen LogP contribution in [0.3, 0.4) is 0 Å². The molecule has 1 atom stereocenters. The number of fused-ring (bicyclic) bond motifs is 1. The first kappa shape index (κ1) is 16.5. The minimum Gasteiger partial charge on any atom is -0.331 e. The highest BCUT2D eigenvalue weighted by atomic mass is 16.2. The number of carbonyl (C=O) groups excluding carboxylic acids is 1. The fourth-order valence-corrected chi connectivity index (χ4v) is 3.09. The fourth-order valence-electron chi connectivity index (χ4n) is 3.09. The molecule has 1 aliphatic rings. The van der Waals surface area contributed by atoms with Crippen molar-refractivity contribution >= 4 is 6.03 Å². The molecule has 0 saturated heterocycles. The molecule has 0 fully saturated rings. The van der Waals surface area contributed by atoms with Gasteiger partial charge in [-0.3, -0.25) is 0 Å². The Morgan fingerprint density at radius 2 is 2.04 bits per heavy atom. The second-order valence-corrected chi connectivity index (χ2v) is 6.35. The van der Waals surface area contributed by atoms with Crippen LogP contribution < -0.4 is 5.32 Å². The SMILES string of the molecule is C[C@@H](c1ccccc1)N(C)C(=O)NCc1nnc2n1CCCCC2. The van der Waals surface area contributed by atoms with Gasteiger partial charge in [0.15, 0.2) is 5.82 Å². The summed E-state index contributed by atoms with van der Waals surface area (Å²) in [6.45, 7) is 3.39. The zero-order chi connectivity index (χ0) is 16.9. The summed E-state index contributed by atoms with van der Waals surface area (Å²) in [5.41, 5.74) is 1.12. The number of aryl methyl sites for hydroxylation is 1. The highest BCUT2D eigenvalue weighted by molar-refractivity contribution is 5.74. The monoisotopic (exact) mass is 327 g/mol. The molecule has 0 radical (unpaired) electrons. The van der Waals surface area contributed by atoms with E-state index in [1.165, 1.54) is 12.8 Å². The van der Waals surface area contributed by atoms with E-state index in [4.69, 9.17) is 0 Å². The van der Waals surface area contributed by atoms with Crippen molar-refractivity contribution < 1.29 is 4.79 Å². The maximum atomic E-state index is 12.4. The van der Waals surface area contributed by atoms with Gasteiger partial charge in [0.2, 0.25) is 0 Å². The van der Waals surface area contributed by atoms with Gasteiger partial charge in [-0.2, -0.15) is 0 Å². The molecule has 6 heteroatoms. The summed E-state index contributed by atoms with van der Waals surface area (Å²) < 4.78 is 2.16. The summed E-state index contributed by atoms with van der Waals surface area (Å²) in [7, 11) is 1.82.